The van der Waals surface area contributed by atoms with Crippen LogP contribution < -0.4 is 0 Å². The van der Waals surface area contributed by atoms with Gasteiger partial charge in [-0.15, -0.1) is 0 Å². The number of rotatable bonds is 3. The molecule has 4 nitrogen and oxygen atoms in total. The first-order valence-corrected chi connectivity index (χ1v) is 6.72. The maximum atomic E-state index is 10.6. The van der Waals surface area contributed by atoms with Crippen molar-refractivity contribution >= 4 is 0 Å². The van der Waals surface area contributed by atoms with Crippen LogP contribution in [0.5, 0.6) is 0 Å². The Kier molecular flexibility index (Phi) is 3.72. The summed E-state index contributed by atoms with van der Waals surface area (Å²) in [6, 6.07) is 2.63. The molecule has 1 heterocycles. The number of nitriles is 1. The van der Waals surface area contributed by atoms with Gasteiger partial charge in [0.1, 0.15) is 6.10 Å². The Morgan fingerprint density at radius 2 is 2.06 bits per heavy atom. The number of nitrogens with zero attached hydrogens (tertiary/aromatic N) is 3. The van der Waals surface area contributed by atoms with Crippen LogP contribution in [0.3, 0.4) is 0 Å². The maximum absolute atomic E-state index is 10.6. The quantitative estimate of drug-likeness (QED) is 0.893. The standard InChI is InChI=1S/C14H21N3O/c1-11(2)17-10-16-8-12(17)13(18)14(9-15)6-4-3-5-7-14/h8,10-11,13,18H,3-7H2,1-2H3. The summed E-state index contributed by atoms with van der Waals surface area (Å²) >= 11 is 0. The van der Waals surface area contributed by atoms with E-state index in [2.05, 4.69) is 24.9 Å². The molecule has 1 aromatic heterocycles. The van der Waals surface area contributed by atoms with Crippen molar-refractivity contribution in [3.8, 4) is 6.07 Å². The lowest BCUT2D eigenvalue weighted by molar-refractivity contribution is 0.0294. The lowest BCUT2D eigenvalue weighted by atomic mass is 9.70. The number of aliphatic hydroxyl groups is 1. The molecule has 1 aliphatic rings. The maximum Gasteiger partial charge on any atom is 0.114 e. The van der Waals surface area contributed by atoms with E-state index in [1.807, 2.05) is 4.57 Å². The van der Waals surface area contributed by atoms with Crippen molar-refractivity contribution in [1.29, 1.82) is 5.26 Å². The first kappa shape index (κ1) is 13.1. The van der Waals surface area contributed by atoms with Gasteiger partial charge in [-0.1, -0.05) is 19.3 Å². The third kappa shape index (κ3) is 2.15. The van der Waals surface area contributed by atoms with Gasteiger partial charge in [-0.3, -0.25) is 0 Å². The molecule has 1 aromatic rings. The van der Waals surface area contributed by atoms with Crippen molar-refractivity contribution < 1.29 is 5.11 Å². The van der Waals surface area contributed by atoms with Crippen LogP contribution in [0.25, 0.3) is 0 Å². The molecule has 0 aliphatic heterocycles. The van der Waals surface area contributed by atoms with Gasteiger partial charge >= 0.3 is 0 Å². The minimum atomic E-state index is -0.729. The van der Waals surface area contributed by atoms with Crippen LogP contribution >= 0.6 is 0 Å². The van der Waals surface area contributed by atoms with Crippen LogP contribution in [-0.2, 0) is 0 Å². The lowest BCUT2D eigenvalue weighted by Crippen LogP contribution is -2.31. The second kappa shape index (κ2) is 5.11. The fourth-order valence-corrected chi connectivity index (χ4v) is 2.87. The molecular weight excluding hydrogens is 226 g/mol. The molecule has 1 aliphatic carbocycles. The highest BCUT2D eigenvalue weighted by molar-refractivity contribution is 5.16. The van der Waals surface area contributed by atoms with Gasteiger partial charge in [-0.25, -0.2) is 4.98 Å². The minimum absolute atomic E-state index is 0.247. The van der Waals surface area contributed by atoms with Gasteiger partial charge in [-0.05, 0) is 26.7 Å². The molecule has 0 saturated heterocycles. The van der Waals surface area contributed by atoms with Crippen LogP contribution in [0.1, 0.15) is 63.8 Å². The predicted molar refractivity (Wildman–Crippen MR) is 68.7 cm³/mol. The second-order valence-corrected chi connectivity index (χ2v) is 5.55. The van der Waals surface area contributed by atoms with E-state index in [4.69, 9.17) is 0 Å². The van der Waals surface area contributed by atoms with Gasteiger partial charge in [-0.2, -0.15) is 5.26 Å². The summed E-state index contributed by atoms with van der Waals surface area (Å²) in [6.45, 7) is 4.11. The lowest BCUT2D eigenvalue weighted by Gasteiger charge is -2.35. The zero-order valence-electron chi connectivity index (χ0n) is 11.1. The molecule has 0 aromatic carbocycles. The normalized spacial score (nSPS) is 20.6. The molecular formula is C14H21N3O. The monoisotopic (exact) mass is 247 g/mol. The van der Waals surface area contributed by atoms with Gasteiger partial charge in [0.25, 0.3) is 0 Å². The van der Waals surface area contributed by atoms with Crippen molar-refractivity contribution in [3.63, 3.8) is 0 Å². The molecule has 0 amide bonds. The summed E-state index contributed by atoms with van der Waals surface area (Å²) in [5.74, 6) is 0. The molecule has 2 rings (SSSR count). The van der Waals surface area contributed by atoms with E-state index in [1.165, 1.54) is 6.42 Å². The van der Waals surface area contributed by atoms with E-state index >= 15 is 0 Å². The molecule has 98 valence electrons. The number of hydrogen-bond donors (Lipinski definition) is 1. The second-order valence-electron chi connectivity index (χ2n) is 5.55. The van der Waals surface area contributed by atoms with E-state index in [9.17, 15) is 10.4 Å². The van der Waals surface area contributed by atoms with Crippen molar-refractivity contribution in [2.24, 2.45) is 5.41 Å². The van der Waals surface area contributed by atoms with Gasteiger partial charge in [0.2, 0.25) is 0 Å². The predicted octanol–water partition coefficient (Wildman–Crippen LogP) is 2.97. The SMILES string of the molecule is CC(C)n1cncc1C(O)C1(C#N)CCCCC1. The average Bonchev–Trinajstić information content (AvgIpc) is 2.88. The average molecular weight is 247 g/mol. The van der Waals surface area contributed by atoms with E-state index in [0.29, 0.717) is 0 Å². The van der Waals surface area contributed by atoms with Crippen molar-refractivity contribution in [2.75, 3.05) is 0 Å². The molecule has 4 heteroatoms. The topological polar surface area (TPSA) is 61.8 Å². The van der Waals surface area contributed by atoms with Gasteiger partial charge in [0.15, 0.2) is 0 Å². The Balaban J connectivity index is 2.31. The van der Waals surface area contributed by atoms with Crippen LogP contribution in [0.4, 0.5) is 0 Å². The van der Waals surface area contributed by atoms with Crippen LogP contribution in [0, 0.1) is 16.7 Å². The minimum Gasteiger partial charge on any atom is -0.385 e. The first-order valence-electron chi connectivity index (χ1n) is 6.72. The van der Waals surface area contributed by atoms with Crippen molar-refractivity contribution in [3.05, 3.63) is 18.2 Å². The number of imidazole rings is 1. The van der Waals surface area contributed by atoms with E-state index in [-0.39, 0.29) is 6.04 Å². The summed E-state index contributed by atoms with van der Waals surface area (Å²) in [5, 5.41) is 20.1. The Bertz CT molecular complexity index is 438. The van der Waals surface area contributed by atoms with E-state index in [0.717, 1.165) is 31.4 Å². The molecule has 0 spiro atoms. The first-order chi connectivity index (χ1) is 8.60. The van der Waals surface area contributed by atoms with Crippen molar-refractivity contribution in [2.45, 2.75) is 58.1 Å². The molecule has 1 fully saturated rings. The smallest absolute Gasteiger partial charge is 0.114 e. The zero-order valence-corrected chi connectivity index (χ0v) is 11.1. The molecule has 18 heavy (non-hydrogen) atoms. The fourth-order valence-electron chi connectivity index (χ4n) is 2.87. The van der Waals surface area contributed by atoms with Gasteiger partial charge in [0.05, 0.1) is 29.7 Å². The molecule has 1 atom stereocenters. The molecule has 0 radical (unpaired) electrons. The number of aliphatic hydroxyl groups excluding tert-OH is 1. The Morgan fingerprint density at radius 3 is 2.61 bits per heavy atom. The van der Waals surface area contributed by atoms with Crippen LogP contribution in [0.15, 0.2) is 12.5 Å². The van der Waals surface area contributed by atoms with Crippen LogP contribution in [-0.4, -0.2) is 14.7 Å². The summed E-state index contributed by atoms with van der Waals surface area (Å²) < 4.78 is 1.96. The third-order valence-electron chi connectivity index (χ3n) is 4.02. The van der Waals surface area contributed by atoms with Crippen molar-refractivity contribution in [1.82, 2.24) is 9.55 Å². The Morgan fingerprint density at radius 1 is 1.39 bits per heavy atom. The van der Waals surface area contributed by atoms with Crippen LogP contribution in [0.2, 0.25) is 0 Å². The van der Waals surface area contributed by atoms with E-state index < -0.39 is 11.5 Å². The highest BCUT2D eigenvalue weighted by Crippen LogP contribution is 2.45. The number of aromatic nitrogens is 2. The highest BCUT2D eigenvalue weighted by atomic mass is 16.3. The van der Waals surface area contributed by atoms with E-state index in [1.54, 1.807) is 12.5 Å². The Hall–Kier alpha value is -1.34. The summed E-state index contributed by atoms with van der Waals surface area (Å²) in [4.78, 5) is 4.12. The largest absolute Gasteiger partial charge is 0.385 e. The number of hydrogen-bond acceptors (Lipinski definition) is 3. The molecule has 1 unspecified atom stereocenters. The molecule has 1 saturated carbocycles. The zero-order chi connectivity index (χ0) is 13.2. The highest BCUT2D eigenvalue weighted by Gasteiger charge is 2.41. The fraction of sp³-hybridized carbons (Fsp3) is 0.714. The van der Waals surface area contributed by atoms with Gasteiger partial charge < -0.3 is 9.67 Å². The Labute approximate surface area is 108 Å². The summed E-state index contributed by atoms with van der Waals surface area (Å²) in [6.07, 6.45) is 7.49. The third-order valence-corrected chi connectivity index (χ3v) is 4.02. The molecule has 0 bridgehead atoms. The molecule has 1 N–H and O–H groups in total. The van der Waals surface area contributed by atoms with Gasteiger partial charge in [0, 0.05) is 6.04 Å². The summed E-state index contributed by atoms with van der Waals surface area (Å²) in [7, 11) is 0. The summed E-state index contributed by atoms with van der Waals surface area (Å²) in [5.41, 5.74) is 0.152.